The van der Waals surface area contributed by atoms with Crippen molar-refractivity contribution in [3.05, 3.63) is 35.0 Å². The molecule has 0 aliphatic heterocycles. The molecule has 2 aromatic heterocycles. The molecule has 0 unspecified atom stereocenters. The summed E-state index contributed by atoms with van der Waals surface area (Å²) >= 11 is 1.57. The van der Waals surface area contributed by atoms with Gasteiger partial charge in [0.05, 0.1) is 18.3 Å². The van der Waals surface area contributed by atoms with E-state index in [1.165, 1.54) is 0 Å². The first-order chi connectivity index (χ1) is 10.1. The average molecular weight is 298 g/mol. The Labute approximate surface area is 127 Å². The average Bonchev–Trinajstić information content (AvgIpc) is 2.97. The number of fused-ring (bicyclic) bond motifs is 1. The number of thiazole rings is 1. The van der Waals surface area contributed by atoms with Gasteiger partial charge in [-0.05, 0) is 25.0 Å². The highest BCUT2D eigenvalue weighted by Crippen LogP contribution is 2.28. The molecule has 0 aliphatic rings. The molecule has 4 nitrogen and oxygen atoms in total. The topological polar surface area (TPSA) is 47.9 Å². The van der Waals surface area contributed by atoms with Crippen LogP contribution in [0, 0.1) is 13.1 Å². The summed E-state index contributed by atoms with van der Waals surface area (Å²) in [6.45, 7) is 6.25. The second kappa shape index (κ2) is 5.41. The van der Waals surface area contributed by atoms with E-state index < -0.39 is 0 Å². The van der Waals surface area contributed by atoms with Gasteiger partial charge in [-0.3, -0.25) is 0 Å². The minimum Gasteiger partial charge on any atom is -0.496 e. The zero-order chi connectivity index (χ0) is 15.0. The first kappa shape index (κ1) is 13.9. The third-order valence-corrected chi connectivity index (χ3v) is 4.26. The van der Waals surface area contributed by atoms with Crippen LogP contribution in [0.25, 0.3) is 21.7 Å². The van der Waals surface area contributed by atoms with Gasteiger partial charge in [0.25, 0.3) is 0 Å². The lowest BCUT2D eigenvalue weighted by Crippen LogP contribution is -1.95. The number of nitrogens with zero attached hydrogens (tertiary/aromatic N) is 3. The summed E-state index contributed by atoms with van der Waals surface area (Å²) in [6.07, 6.45) is 3.05. The maximum absolute atomic E-state index is 5.35. The number of ether oxygens (including phenoxy) is 1. The van der Waals surface area contributed by atoms with E-state index in [4.69, 9.17) is 4.74 Å². The van der Waals surface area contributed by atoms with Gasteiger partial charge in [0, 0.05) is 16.3 Å². The van der Waals surface area contributed by atoms with Crippen molar-refractivity contribution in [2.45, 2.75) is 26.7 Å². The van der Waals surface area contributed by atoms with Crippen molar-refractivity contribution in [1.29, 1.82) is 0 Å². The summed E-state index contributed by atoms with van der Waals surface area (Å²) in [6, 6.07) is 3.84. The fourth-order valence-electron chi connectivity index (χ4n) is 2.13. The lowest BCUT2D eigenvalue weighted by atomic mass is 10.1. The largest absolute Gasteiger partial charge is 0.496 e. The molecule has 1 aromatic carbocycles. The monoisotopic (exact) mass is 298 g/mol. The number of benzene rings is 1. The Morgan fingerprint density at radius 1 is 1.24 bits per heavy atom. The van der Waals surface area contributed by atoms with Gasteiger partial charge in [0.15, 0.2) is 10.8 Å². The number of rotatable bonds is 3. The first-order valence-corrected chi connectivity index (χ1v) is 7.67. The molecule has 0 aliphatic carbocycles. The van der Waals surface area contributed by atoms with Gasteiger partial charge in [0.1, 0.15) is 11.9 Å². The fraction of sp³-hybridized carbons (Fsp3) is 0.312. The summed E-state index contributed by atoms with van der Waals surface area (Å²) in [4.78, 5) is 13.6. The molecule has 0 amide bonds. The Balaban J connectivity index is 2.13. The van der Waals surface area contributed by atoms with E-state index in [9.17, 15) is 0 Å². The van der Waals surface area contributed by atoms with Crippen LogP contribution in [0.1, 0.15) is 31.0 Å². The van der Waals surface area contributed by atoms with Gasteiger partial charge < -0.3 is 4.74 Å². The van der Waals surface area contributed by atoms with Crippen molar-refractivity contribution in [1.82, 2.24) is 15.0 Å². The molecule has 3 aromatic rings. The van der Waals surface area contributed by atoms with Crippen LogP contribution < -0.4 is 4.74 Å². The zero-order valence-electron chi connectivity index (χ0n) is 12.5. The Hall–Kier alpha value is -2.01. The van der Waals surface area contributed by atoms with Crippen LogP contribution in [0.4, 0.5) is 0 Å². The van der Waals surface area contributed by atoms with E-state index in [0.717, 1.165) is 32.9 Å². The highest BCUT2D eigenvalue weighted by atomic mass is 32.1. The van der Waals surface area contributed by atoms with Crippen LogP contribution >= 0.6 is 11.3 Å². The van der Waals surface area contributed by atoms with E-state index in [2.05, 4.69) is 40.4 Å². The number of hydrogen-bond donors (Lipinski definition) is 0. The maximum atomic E-state index is 5.35. The van der Waals surface area contributed by atoms with Crippen molar-refractivity contribution in [2.24, 2.45) is 0 Å². The Morgan fingerprint density at radius 3 is 2.71 bits per heavy atom. The number of aromatic nitrogens is 3. The molecule has 107 valence electrons. The van der Waals surface area contributed by atoms with Crippen LogP contribution in [0.5, 0.6) is 5.75 Å². The van der Waals surface area contributed by atoms with Crippen LogP contribution in [0.2, 0.25) is 0 Å². The third kappa shape index (κ3) is 2.49. The van der Waals surface area contributed by atoms with Crippen LogP contribution in [-0.4, -0.2) is 22.1 Å². The lowest BCUT2D eigenvalue weighted by molar-refractivity contribution is 0.412. The van der Waals surface area contributed by atoms with Gasteiger partial charge in [-0.15, -0.1) is 11.3 Å². The second-order valence-electron chi connectivity index (χ2n) is 5.18. The smallest absolute Gasteiger partial charge is 0.189 e. The molecule has 0 saturated heterocycles. The summed E-state index contributed by atoms with van der Waals surface area (Å²) in [5.74, 6) is 1.85. The van der Waals surface area contributed by atoms with Crippen molar-refractivity contribution in [2.75, 3.05) is 7.11 Å². The molecular formula is C16H16N3OS. The Kier molecular flexibility index (Phi) is 3.59. The SMILES string of the molecule is COc1ccc2[c]nc(-c3nc(C(C)C)cs3)nc2c1C. The van der Waals surface area contributed by atoms with Crippen molar-refractivity contribution in [3.63, 3.8) is 0 Å². The van der Waals surface area contributed by atoms with Crippen molar-refractivity contribution < 1.29 is 4.74 Å². The molecule has 0 N–H and O–H groups in total. The van der Waals surface area contributed by atoms with Gasteiger partial charge >= 0.3 is 0 Å². The molecule has 0 atom stereocenters. The van der Waals surface area contributed by atoms with Crippen LogP contribution in [-0.2, 0) is 0 Å². The molecule has 3 rings (SSSR count). The van der Waals surface area contributed by atoms with Crippen molar-refractivity contribution >= 4 is 22.2 Å². The zero-order valence-corrected chi connectivity index (χ0v) is 13.3. The standard InChI is InChI=1S/C16H16N3OS/c1-9(2)12-8-21-16(18-12)15-17-7-11-5-6-13(20-4)10(3)14(11)19-15/h5-6,8-9H,1-4H3. The number of methoxy groups -OCH3 is 1. The summed E-state index contributed by atoms with van der Waals surface area (Å²) in [5, 5.41) is 3.78. The number of aryl methyl sites for hydroxylation is 1. The second-order valence-corrected chi connectivity index (χ2v) is 6.04. The highest BCUT2D eigenvalue weighted by Gasteiger charge is 2.12. The van der Waals surface area contributed by atoms with Gasteiger partial charge in [-0.2, -0.15) is 0 Å². The molecular weight excluding hydrogens is 282 g/mol. The molecule has 1 radical (unpaired) electrons. The molecule has 5 heteroatoms. The van der Waals surface area contributed by atoms with Crippen molar-refractivity contribution in [3.8, 4) is 16.6 Å². The van der Waals surface area contributed by atoms with Gasteiger partial charge in [-0.1, -0.05) is 13.8 Å². The molecule has 0 spiro atoms. The molecule has 21 heavy (non-hydrogen) atoms. The Morgan fingerprint density at radius 2 is 2.05 bits per heavy atom. The quantitative estimate of drug-likeness (QED) is 0.733. The lowest BCUT2D eigenvalue weighted by Gasteiger charge is -2.07. The number of hydrogen-bond acceptors (Lipinski definition) is 5. The molecule has 0 fully saturated rings. The summed E-state index contributed by atoms with van der Waals surface area (Å²) < 4.78 is 5.35. The van der Waals surface area contributed by atoms with Crippen LogP contribution in [0.15, 0.2) is 17.5 Å². The minimum atomic E-state index is 0.404. The molecule has 2 heterocycles. The van der Waals surface area contributed by atoms with E-state index in [0.29, 0.717) is 11.7 Å². The highest BCUT2D eigenvalue weighted by molar-refractivity contribution is 7.13. The van der Waals surface area contributed by atoms with E-state index in [1.807, 2.05) is 19.1 Å². The predicted molar refractivity (Wildman–Crippen MR) is 84.9 cm³/mol. The molecule has 0 saturated carbocycles. The maximum Gasteiger partial charge on any atom is 0.189 e. The third-order valence-electron chi connectivity index (χ3n) is 3.41. The Bertz CT molecular complexity index is 795. The normalized spacial score (nSPS) is 11.3. The molecule has 0 bridgehead atoms. The summed E-state index contributed by atoms with van der Waals surface area (Å²) in [7, 11) is 1.66. The van der Waals surface area contributed by atoms with Gasteiger partial charge in [0.2, 0.25) is 0 Å². The van der Waals surface area contributed by atoms with Crippen LogP contribution in [0.3, 0.4) is 0 Å². The van der Waals surface area contributed by atoms with Gasteiger partial charge in [-0.25, -0.2) is 15.0 Å². The summed E-state index contributed by atoms with van der Waals surface area (Å²) in [5.41, 5.74) is 2.93. The van der Waals surface area contributed by atoms with E-state index in [1.54, 1.807) is 18.4 Å². The first-order valence-electron chi connectivity index (χ1n) is 6.79. The minimum absolute atomic E-state index is 0.404. The van der Waals surface area contributed by atoms with E-state index in [-0.39, 0.29) is 0 Å². The predicted octanol–water partition coefficient (Wildman–Crippen LogP) is 3.99. The fourth-order valence-corrected chi connectivity index (χ4v) is 3.04. The van der Waals surface area contributed by atoms with E-state index >= 15 is 0 Å².